The molecule has 1 aromatic carbocycles. The minimum absolute atomic E-state index is 0.980. The van der Waals surface area contributed by atoms with Gasteiger partial charge in [-0.15, -0.1) is 10.2 Å². The molecule has 0 amide bonds. The van der Waals surface area contributed by atoms with Crippen LogP contribution in [-0.2, 0) is 11.8 Å². The Morgan fingerprint density at radius 3 is 1.95 bits per heavy atom. The zero-order valence-electron chi connectivity index (χ0n) is 11.2. The molecule has 0 atom stereocenters. The van der Waals surface area contributed by atoms with E-state index in [1.54, 1.807) is 0 Å². The van der Waals surface area contributed by atoms with E-state index in [2.05, 4.69) is 61.7 Å². The third kappa shape index (κ3) is 17.7. The second kappa shape index (κ2) is 8.75. The Hall–Kier alpha value is -0.343. The highest BCUT2D eigenvalue weighted by atomic mass is 35.7. The topological polar surface area (TPSA) is 92.2 Å². The van der Waals surface area contributed by atoms with Crippen LogP contribution in [0.25, 0.3) is 0 Å². The molecular formula is C12H19ClO4SSi. The van der Waals surface area contributed by atoms with Gasteiger partial charge in [-0.25, -0.2) is 18.6 Å². The average molecular weight is 323 g/mol. The lowest BCUT2D eigenvalue weighted by molar-refractivity contribution is -2.00. The predicted molar refractivity (Wildman–Crippen MR) is 70.8 cm³/mol. The second-order valence-corrected chi connectivity index (χ2v) is 11.8. The van der Waals surface area contributed by atoms with Crippen molar-refractivity contribution < 1.29 is 28.9 Å². The van der Waals surface area contributed by atoms with Crippen LogP contribution < -0.4 is 18.6 Å². The van der Waals surface area contributed by atoms with Crippen molar-refractivity contribution in [3.05, 3.63) is 42.1 Å². The van der Waals surface area contributed by atoms with Gasteiger partial charge in [0.05, 0.1) is 8.07 Å². The average Bonchev–Trinajstić information content (AvgIpc) is 2.22. The molecule has 108 valence electrons. The molecule has 0 aliphatic carbocycles. The van der Waals surface area contributed by atoms with Gasteiger partial charge < -0.3 is 0 Å². The molecule has 0 bridgehead atoms. The molecule has 0 radical (unpaired) electrons. The van der Waals surface area contributed by atoms with Crippen molar-refractivity contribution in [1.29, 1.82) is 0 Å². The van der Waals surface area contributed by atoms with Crippen LogP contribution in [0.2, 0.25) is 19.6 Å². The highest BCUT2D eigenvalue weighted by molar-refractivity contribution is 7.78. The summed E-state index contributed by atoms with van der Waals surface area (Å²) in [5.41, 5.74) is 2.42. The van der Waals surface area contributed by atoms with Gasteiger partial charge in [-0.2, -0.15) is 0 Å². The molecule has 0 aliphatic rings. The third-order valence-electron chi connectivity index (χ3n) is 1.75. The molecule has 0 unspecified atom stereocenters. The summed E-state index contributed by atoms with van der Waals surface area (Å²) in [6.45, 7) is 7.09. The molecule has 0 aromatic heterocycles. The molecule has 1 aromatic rings. The lowest BCUT2D eigenvalue weighted by Crippen LogP contribution is -2.68. The van der Waals surface area contributed by atoms with Crippen molar-refractivity contribution in [2.45, 2.75) is 24.5 Å². The van der Waals surface area contributed by atoms with Gasteiger partial charge in [-0.1, -0.05) is 43.5 Å². The van der Waals surface area contributed by atoms with Gasteiger partial charge in [0.1, 0.15) is 5.75 Å². The summed E-state index contributed by atoms with van der Waals surface area (Å²) < 4.78 is 34.0. The van der Waals surface area contributed by atoms with Gasteiger partial charge in [-0.05, 0) is 18.2 Å². The number of benzene rings is 1. The fourth-order valence-corrected chi connectivity index (χ4v) is 2.93. The fraction of sp³-hybridized carbons (Fsp3) is 0.333. The fourth-order valence-electron chi connectivity index (χ4n) is 1.10. The Kier molecular flexibility index (Phi) is 8.60. The number of rotatable bonds is 4. The molecule has 1 rings (SSSR count). The molecule has 0 saturated heterocycles. The maximum Gasteiger partial charge on any atom is 0.152 e. The lowest BCUT2D eigenvalue weighted by Gasteiger charge is -2.17. The first-order valence-corrected chi connectivity index (χ1v) is 11.5. The molecular weight excluding hydrogens is 304 g/mol. The molecule has 0 aliphatic heterocycles. The predicted octanol–water partition coefficient (Wildman–Crippen LogP) is -1.46. The number of hydrogen-bond donors (Lipinski definition) is 0. The number of thiol groups is 1. The summed E-state index contributed by atoms with van der Waals surface area (Å²) in [5, 5.41) is 0. The normalized spacial score (nSPS) is 12.2. The summed E-state index contributed by atoms with van der Waals surface area (Å²) in [7, 11) is -5.92. The molecule has 0 saturated carbocycles. The Morgan fingerprint density at radius 1 is 1.05 bits per heavy atom. The maximum absolute atomic E-state index is 8.49. The molecule has 7 heteroatoms. The van der Waals surface area contributed by atoms with Gasteiger partial charge in [0.25, 0.3) is 0 Å². The largest absolute Gasteiger partial charge is 0.222 e. The monoisotopic (exact) mass is 322 g/mol. The minimum atomic E-state index is -4.94. The van der Waals surface area contributed by atoms with Crippen molar-refractivity contribution in [2.75, 3.05) is 5.75 Å². The molecule has 0 spiro atoms. The third-order valence-corrected chi connectivity index (χ3v) is 4.05. The molecule has 4 nitrogen and oxygen atoms in total. The smallest absolute Gasteiger partial charge is 0.152 e. The molecule has 19 heavy (non-hydrogen) atoms. The van der Waals surface area contributed by atoms with Gasteiger partial charge in [0, 0.05) is 11.8 Å². The Bertz CT molecular complexity index is 368. The first kappa shape index (κ1) is 18.7. The zero-order valence-corrected chi connectivity index (χ0v) is 13.9. The zero-order chi connectivity index (χ0) is 14.9. The van der Waals surface area contributed by atoms with E-state index in [1.807, 2.05) is 0 Å². The van der Waals surface area contributed by atoms with Crippen LogP contribution in [0.15, 0.2) is 47.0 Å². The van der Waals surface area contributed by atoms with Crippen LogP contribution in [0, 0.1) is 10.2 Å². The SMILES string of the molecule is C[Si](C)(C)/C=C/C[SH+]c1ccccc1.[O-][Cl+3]([O-])([O-])[O-]. The van der Waals surface area contributed by atoms with Crippen LogP contribution in [0.5, 0.6) is 0 Å². The lowest BCUT2D eigenvalue weighted by atomic mass is 10.4. The van der Waals surface area contributed by atoms with E-state index in [0.717, 1.165) is 5.75 Å². The van der Waals surface area contributed by atoms with Crippen molar-refractivity contribution >= 4 is 19.8 Å². The molecule has 0 heterocycles. The van der Waals surface area contributed by atoms with Crippen LogP contribution in [-0.4, -0.2) is 13.8 Å². The number of halogens is 1. The van der Waals surface area contributed by atoms with Crippen LogP contribution in [0.4, 0.5) is 0 Å². The molecule has 0 fully saturated rings. The van der Waals surface area contributed by atoms with Crippen LogP contribution in [0.1, 0.15) is 0 Å². The Morgan fingerprint density at radius 2 is 1.53 bits per heavy atom. The van der Waals surface area contributed by atoms with E-state index in [4.69, 9.17) is 18.6 Å². The van der Waals surface area contributed by atoms with E-state index in [9.17, 15) is 0 Å². The number of hydrogen-bond acceptors (Lipinski definition) is 4. The minimum Gasteiger partial charge on any atom is -0.222 e. The van der Waals surface area contributed by atoms with E-state index < -0.39 is 18.3 Å². The van der Waals surface area contributed by atoms with Crippen LogP contribution in [0.3, 0.4) is 0 Å². The maximum atomic E-state index is 8.49. The standard InChI is InChI=1S/C12H18SSi.ClHO4/c1-14(2,3)11-7-10-13-12-8-5-4-6-9-12;2-1(3,4)5/h4-9,11H,10H2,1-3H3;(H,2,3,4,5)/b11-7+;. The van der Waals surface area contributed by atoms with Gasteiger partial charge in [0.2, 0.25) is 0 Å². The Labute approximate surface area is 121 Å². The second-order valence-electron chi connectivity index (χ2n) is 4.82. The summed E-state index contributed by atoms with van der Waals surface area (Å²) in [6, 6.07) is 10.6. The van der Waals surface area contributed by atoms with E-state index >= 15 is 0 Å². The molecule has 0 N–H and O–H groups in total. The van der Waals surface area contributed by atoms with E-state index in [0.29, 0.717) is 0 Å². The van der Waals surface area contributed by atoms with Crippen molar-refractivity contribution in [2.24, 2.45) is 0 Å². The van der Waals surface area contributed by atoms with Crippen molar-refractivity contribution in [3.8, 4) is 0 Å². The van der Waals surface area contributed by atoms with Crippen molar-refractivity contribution in [1.82, 2.24) is 0 Å². The first-order chi connectivity index (χ1) is 8.58. The van der Waals surface area contributed by atoms with Crippen molar-refractivity contribution in [3.63, 3.8) is 0 Å². The highest BCUT2D eigenvalue weighted by Gasteiger charge is 2.07. The summed E-state index contributed by atoms with van der Waals surface area (Å²) in [6.07, 6.45) is 2.33. The highest BCUT2D eigenvalue weighted by Crippen LogP contribution is 2.04. The first-order valence-electron chi connectivity index (χ1n) is 5.60. The quantitative estimate of drug-likeness (QED) is 0.385. The van der Waals surface area contributed by atoms with Gasteiger partial charge in [0.15, 0.2) is 4.90 Å². The Balaban J connectivity index is 0.000000555. The van der Waals surface area contributed by atoms with Crippen LogP contribution >= 0.6 is 0 Å². The van der Waals surface area contributed by atoms with E-state index in [-0.39, 0.29) is 0 Å². The van der Waals surface area contributed by atoms with Gasteiger partial charge >= 0.3 is 0 Å². The summed E-state index contributed by atoms with van der Waals surface area (Å²) in [5.74, 6) is 1.15. The van der Waals surface area contributed by atoms with Gasteiger partial charge in [-0.3, -0.25) is 0 Å². The summed E-state index contributed by atoms with van der Waals surface area (Å²) >= 11 is 1.41. The van der Waals surface area contributed by atoms with E-state index in [1.165, 1.54) is 16.7 Å². The summed E-state index contributed by atoms with van der Waals surface area (Å²) in [4.78, 5) is 1.41.